The van der Waals surface area contributed by atoms with E-state index in [1.807, 2.05) is 6.07 Å². The molecule has 1 aromatic carbocycles. The molecule has 0 aliphatic heterocycles. The van der Waals surface area contributed by atoms with Crippen molar-refractivity contribution in [2.24, 2.45) is 17.3 Å². The van der Waals surface area contributed by atoms with E-state index in [0.29, 0.717) is 36.6 Å². The molecule has 0 spiro atoms. The van der Waals surface area contributed by atoms with E-state index in [2.05, 4.69) is 19.1 Å². The highest BCUT2D eigenvalue weighted by Gasteiger charge is 2.54. The summed E-state index contributed by atoms with van der Waals surface area (Å²) in [5, 5.41) is 0. The van der Waals surface area contributed by atoms with Crippen LogP contribution in [0.15, 0.2) is 30.4 Å². The van der Waals surface area contributed by atoms with E-state index in [1.165, 1.54) is 17.2 Å². The highest BCUT2D eigenvalue weighted by atomic mass is 19.4. The van der Waals surface area contributed by atoms with Gasteiger partial charge in [0.15, 0.2) is 0 Å². The highest BCUT2D eigenvalue weighted by Crippen LogP contribution is 2.59. The Morgan fingerprint density at radius 1 is 1.17 bits per heavy atom. The largest absolute Gasteiger partial charge is 0.493 e. The molecular formula is C24H29F3O2. The van der Waals surface area contributed by atoms with Crippen molar-refractivity contribution in [1.82, 2.24) is 0 Å². The number of carbonyl (C=O) groups excluding carboxylic acids is 1. The number of halogens is 3. The van der Waals surface area contributed by atoms with Crippen molar-refractivity contribution in [3.05, 3.63) is 41.5 Å². The molecular weight excluding hydrogens is 377 g/mol. The van der Waals surface area contributed by atoms with Crippen LogP contribution in [0.2, 0.25) is 0 Å². The Bertz CT molecular complexity index is 798. The van der Waals surface area contributed by atoms with Crippen molar-refractivity contribution in [2.45, 2.75) is 70.4 Å². The van der Waals surface area contributed by atoms with Crippen LogP contribution in [0.4, 0.5) is 13.2 Å². The molecule has 0 amide bonds. The second kappa shape index (κ2) is 7.81. The first-order chi connectivity index (χ1) is 13.8. The fourth-order valence-electron chi connectivity index (χ4n) is 6.00. The third kappa shape index (κ3) is 4.10. The maximum absolute atomic E-state index is 12.4. The van der Waals surface area contributed by atoms with Gasteiger partial charge in [0.25, 0.3) is 0 Å². The minimum atomic E-state index is -4.14. The lowest BCUT2D eigenvalue weighted by Crippen LogP contribution is -2.42. The molecule has 0 bridgehead atoms. The lowest BCUT2D eigenvalue weighted by molar-refractivity contribution is -0.129. The van der Waals surface area contributed by atoms with Gasteiger partial charge in [0.2, 0.25) is 0 Å². The number of hydrogen-bond acceptors (Lipinski definition) is 2. The van der Waals surface area contributed by atoms with Crippen LogP contribution in [0.3, 0.4) is 0 Å². The van der Waals surface area contributed by atoms with Crippen LogP contribution in [-0.4, -0.2) is 18.6 Å². The van der Waals surface area contributed by atoms with Crippen molar-refractivity contribution in [2.75, 3.05) is 6.61 Å². The first kappa shape index (κ1) is 20.5. The van der Waals surface area contributed by atoms with Gasteiger partial charge >= 0.3 is 6.18 Å². The van der Waals surface area contributed by atoms with Crippen LogP contribution in [0.5, 0.6) is 5.75 Å². The predicted molar refractivity (Wildman–Crippen MR) is 106 cm³/mol. The smallest absolute Gasteiger partial charge is 0.392 e. The average molecular weight is 406 g/mol. The third-order valence-corrected chi connectivity index (χ3v) is 7.48. The van der Waals surface area contributed by atoms with E-state index in [1.54, 1.807) is 0 Å². The molecule has 158 valence electrons. The minimum Gasteiger partial charge on any atom is -0.493 e. The number of benzene rings is 1. The van der Waals surface area contributed by atoms with Gasteiger partial charge in [-0.15, -0.1) is 0 Å². The summed E-state index contributed by atoms with van der Waals surface area (Å²) < 4.78 is 42.1. The maximum atomic E-state index is 12.4. The van der Waals surface area contributed by atoms with Crippen LogP contribution >= 0.6 is 0 Å². The average Bonchev–Trinajstić information content (AvgIpc) is 2.98. The zero-order valence-corrected chi connectivity index (χ0v) is 16.9. The summed E-state index contributed by atoms with van der Waals surface area (Å²) >= 11 is 0. The molecule has 1 unspecified atom stereocenters. The minimum absolute atomic E-state index is 0.0959. The Morgan fingerprint density at radius 3 is 2.79 bits per heavy atom. The van der Waals surface area contributed by atoms with Gasteiger partial charge in [-0.05, 0) is 79.5 Å². The van der Waals surface area contributed by atoms with Gasteiger partial charge in [-0.25, -0.2) is 0 Å². The second-order valence-corrected chi connectivity index (χ2v) is 9.12. The fraction of sp³-hybridized carbons (Fsp3) is 0.625. The standard InChI is InChI=1S/C24H29F3O2/c1-23-13-11-19-18-8-6-17(29-14-4-2-3-12-24(25,26)27)15-16(18)5-7-20(19)21(23)9-10-22(23)28/h2-3,6,8,15,19-21H,4-5,7,9-14H2,1H3/b3-2+/t19-,20-,21?,23+/m1/s1. The number of ether oxygens (including phenoxy) is 1. The van der Waals surface area contributed by atoms with Gasteiger partial charge in [-0.3, -0.25) is 4.79 Å². The molecule has 1 aromatic rings. The van der Waals surface area contributed by atoms with Crippen molar-refractivity contribution in [1.29, 1.82) is 0 Å². The summed E-state index contributed by atoms with van der Waals surface area (Å²) in [7, 11) is 0. The summed E-state index contributed by atoms with van der Waals surface area (Å²) in [4.78, 5) is 12.4. The van der Waals surface area contributed by atoms with Gasteiger partial charge < -0.3 is 4.74 Å². The van der Waals surface area contributed by atoms with Gasteiger partial charge in [0.1, 0.15) is 11.5 Å². The number of allylic oxidation sites excluding steroid dienone is 1. The summed E-state index contributed by atoms with van der Waals surface area (Å²) in [6, 6.07) is 6.28. The Hall–Kier alpha value is -1.78. The van der Waals surface area contributed by atoms with Gasteiger partial charge in [-0.1, -0.05) is 25.1 Å². The van der Waals surface area contributed by atoms with Crippen molar-refractivity contribution < 1.29 is 22.7 Å². The van der Waals surface area contributed by atoms with E-state index >= 15 is 0 Å². The summed E-state index contributed by atoms with van der Waals surface area (Å²) in [5.41, 5.74) is 2.66. The normalized spacial score (nSPS) is 31.4. The van der Waals surface area contributed by atoms with Crippen LogP contribution in [-0.2, 0) is 11.2 Å². The lowest BCUT2D eigenvalue weighted by Gasteiger charge is -2.48. The van der Waals surface area contributed by atoms with E-state index in [4.69, 9.17) is 4.74 Å². The number of rotatable bonds is 5. The molecule has 3 aliphatic rings. The van der Waals surface area contributed by atoms with Crippen LogP contribution < -0.4 is 4.74 Å². The maximum Gasteiger partial charge on any atom is 0.392 e. The monoisotopic (exact) mass is 406 g/mol. The first-order valence-electron chi connectivity index (χ1n) is 10.8. The quantitative estimate of drug-likeness (QED) is 0.418. The molecule has 4 atom stereocenters. The van der Waals surface area contributed by atoms with Crippen LogP contribution in [0.1, 0.15) is 68.9 Å². The van der Waals surface area contributed by atoms with Crippen molar-refractivity contribution in [3.8, 4) is 5.75 Å². The van der Waals surface area contributed by atoms with Crippen LogP contribution in [0.25, 0.3) is 0 Å². The Morgan fingerprint density at radius 2 is 2.00 bits per heavy atom. The van der Waals surface area contributed by atoms with E-state index < -0.39 is 12.6 Å². The van der Waals surface area contributed by atoms with Gasteiger partial charge in [-0.2, -0.15) is 13.2 Å². The summed E-state index contributed by atoms with van der Waals surface area (Å²) in [6.45, 7) is 2.57. The van der Waals surface area contributed by atoms with Crippen LogP contribution in [0, 0.1) is 17.3 Å². The number of ketones is 1. The van der Waals surface area contributed by atoms with E-state index in [0.717, 1.165) is 50.4 Å². The van der Waals surface area contributed by atoms with Gasteiger partial charge in [0, 0.05) is 11.8 Å². The van der Waals surface area contributed by atoms with Crippen molar-refractivity contribution in [3.63, 3.8) is 0 Å². The Kier molecular flexibility index (Phi) is 5.52. The van der Waals surface area contributed by atoms with Crippen molar-refractivity contribution >= 4 is 5.78 Å². The number of hydrogen-bond donors (Lipinski definition) is 0. The zero-order chi connectivity index (χ0) is 20.6. The number of Topliss-reactive ketones (excluding diaryl/α,β-unsaturated/α-hetero) is 1. The molecule has 0 heterocycles. The predicted octanol–water partition coefficient (Wildman–Crippen LogP) is 6.39. The number of fused-ring (bicyclic) bond motifs is 5. The molecule has 2 saturated carbocycles. The number of carbonyl (C=O) groups is 1. The molecule has 0 saturated heterocycles. The SMILES string of the molecule is C[C@]12CC[C@@H]3c4ccc(OCC/C=C/CC(F)(F)F)cc4CC[C@H]3C1CCC2=O. The molecule has 2 nitrogen and oxygen atoms in total. The summed E-state index contributed by atoms with van der Waals surface area (Å²) in [5.74, 6) is 2.95. The number of alkyl halides is 3. The second-order valence-electron chi connectivity index (χ2n) is 9.12. The fourth-order valence-corrected chi connectivity index (χ4v) is 6.00. The van der Waals surface area contributed by atoms with E-state index in [9.17, 15) is 18.0 Å². The zero-order valence-electron chi connectivity index (χ0n) is 16.9. The first-order valence-corrected chi connectivity index (χ1v) is 10.8. The Balaban J connectivity index is 1.37. The lowest BCUT2D eigenvalue weighted by atomic mass is 9.55. The number of aryl methyl sites for hydroxylation is 1. The molecule has 2 fully saturated rings. The molecule has 5 heteroatoms. The molecule has 4 rings (SSSR count). The topological polar surface area (TPSA) is 26.3 Å². The van der Waals surface area contributed by atoms with E-state index in [-0.39, 0.29) is 5.41 Å². The molecule has 0 radical (unpaired) electrons. The third-order valence-electron chi connectivity index (χ3n) is 7.48. The molecule has 3 aliphatic carbocycles. The van der Waals surface area contributed by atoms with Gasteiger partial charge in [0.05, 0.1) is 13.0 Å². The highest BCUT2D eigenvalue weighted by molar-refractivity contribution is 5.87. The summed E-state index contributed by atoms with van der Waals surface area (Å²) in [6.07, 6.45) is 4.15. The Labute approximate surface area is 170 Å². The molecule has 29 heavy (non-hydrogen) atoms. The molecule has 0 aromatic heterocycles. The molecule has 0 N–H and O–H groups in total.